The van der Waals surface area contributed by atoms with Gasteiger partial charge in [-0.1, -0.05) is 60.7 Å². The molecule has 0 heterocycles. The maximum atomic E-state index is 13.1. The lowest BCUT2D eigenvalue weighted by atomic mass is 10.1. The Kier molecular flexibility index (Phi) is 12.0. The molecule has 0 saturated carbocycles. The second-order valence-corrected chi connectivity index (χ2v) is 8.95. The number of carbonyl (C=O) groups is 4. The average molecular weight is 564 g/mol. The lowest BCUT2D eigenvalue weighted by Crippen LogP contribution is -2.44. The summed E-state index contributed by atoms with van der Waals surface area (Å²) in [5.74, 6) is -1.63. The molecular formula is C30H33N3O8. The highest BCUT2D eigenvalue weighted by Crippen LogP contribution is 2.23. The Morgan fingerprint density at radius 1 is 0.805 bits per heavy atom. The van der Waals surface area contributed by atoms with Crippen LogP contribution in [0, 0.1) is 0 Å². The molecule has 0 bridgehead atoms. The third-order valence-electron chi connectivity index (χ3n) is 5.92. The molecule has 0 unspecified atom stereocenters. The second-order valence-electron chi connectivity index (χ2n) is 8.95. The van der Waals surface area contributed by atoms with Gasteiger partial charge in [0.25, 0.3) is 0 Å². The fourth-order valence-electron chi connectivity index (χ4n) is 3.80. The maximum Gasteiger partial charge on any atom is 0.408 e. The van der Waals surface area contributed by atoms with Crippen molar-refractivity contribution in [3.63, 3.8) is 0 Å². The second kappa shape index (κ2) is 16.1. The zero-order valence-electron chi connectivity index (χ0n) is 22.6. The fourth-order valence-corrected chi connectivity index (χ4v) is 3.80. The minimum atomic E-state index is -1.22. The molecule has 4 N–H and O–H groups in total. The predicted molar refractivity (Wildman–Crippen MR) is 151 cm³/mol. The van der Waals surface area contributed by atoms with Crippen LogP contribution in [-0.2, 0) is 27.5 Å². The first-order valence-electron chi connectivity index (χ1n) is 13.0. The Bertz CT molecular complexity index is 1300. The minimum absolute atomic E-state index is 0.0243. The number of carboxylic acid groups (broad SMARTS) is 1. The molecule has 11 nitrogen and oxygen atoms in total. The molecule has 1 atom stereocenters. The molecule has 0 aliphatic carbocycles. The number of aromatic carboxylic acids is 1. The minimum Gasteiger partial charge on any atom is -0.496 e. The van der Waals surface area contributed by atoms with Crippen molar-refractivity contribution in [2.45, 2.75) is 38.5 Å². The number of ether oxygens (including phenoxy) is 3. The zero-order chi connectivity index (χ0) is 29.5. The summed E-state index contributed by atoms with van der Waals surface area (Å²) in [6, 6.07) is 21.6. The lowest BCUT2D eigenvalue weighted by Gasteiger charge is -2.19. The van der Waals surface area contributed by atoms with Gasteiger partial charge < -0.3 is 35.3 Å². The quantitative estimate of drug-likeness (QED) is 0.206. The van der Waals surface area contributed by atoms with E-state index >= 15 is 0 Å². The molecule has 0 aromatic heterocycles. The molecule has 11 heteroatoms. The molecular weight excluding hydrogens is 530 g/mol. The number of methoxy groups -OCH3 is 1. The van der Waals surface area contributed by atoms with Crippen LogP contribution in [0.1, 0.15) is 40.7 Å². The number of alkyl carbamates (subject to hydrolysis) is 2. The van der Waals surface area contributed by atoms with E-state index in [1.54, 1.807) is 12.1 Å². The first-order valence-corrected chi connectivity index (χ1v) is 13.0. The van der Waals surface area contributed by atoms with Gasteiger partial charge in [-0.3, -0.25) is 4.79 Å². The van der Waals surface area contributed by atoms with Crippen molar-refractivity contribution in [3.8, 4) is 5.75 Å². The van der Waals surface area contributed by atoms with Crippen LogP contribution in [0.25, 0.3) is 0 Å². The number of amides is 3. The van der Waals surface area contributed by atoms with E-state index in [0.717, 1.165) is 11.1 Å². The van der Waals surface area contributed by atoms with Gasteiger partial charge in [0, 0.05) is 12.2 Å². The van der Waals surface area contributed by atoms with E-state index in [1.807, 2.05) is 48.5 Å². The first kappa shape index (κ1) is 30.5. The summed E-state index contributed by atoms with van der Waals surface area (Å²) in [6.45, 7) is 0.482. The van der Waals surface area contributed by atoms with Crippen LogP contribution in [0.3, 0.4) is 0 Å². The molecule has 0 radical (unpaired) electrons. The van der Waals surface area contributed by atoms with Crippen molar-refractivity contribution in [1.29, 1.82) is 0 Å². The van der Waals surface area contributed by atoms with Crippen LogP contribution in [0.5, 0.6) is 5.75 Å². The van der Waals surface area contributed by atoms with Crippen molar-refractivity contribution >= 4 is 29.8 Å². The summed E-state index contributed by atoms with van der Waals surface area (Å²) in [6.07, 6.45) is -0.123. The van der Waals surface area contributed by atoms with Gasteiger partial charge in [0.2, 0.25) is 5.91 Å². The fraction of sp³-hybridized carbons (Fsp3) is 0.267. The van der Waals surface area contributed by atoms with Gasteiger partial charge in [-0.15, -0.1) is 0 Å². The van der Waals surface area contributed by atoms with Crippen LogP contribution in [0.2, 0.25) is 0 Å². The van der Waals surface area contributed by atoms with Crippen LogP contribution in [0.4, 0.5) is 15.3 Å². The summed E-state index contributed by atoms with van der Waals surface area (Å²) in [4.78, 5) is 49.1. The van der Waals surface area contributed by atoms with Gasteiger partial charge in [0.1, 0.15) is 30.6 Å². The SMILES string of the molecule is COc1ccc(NC(=O)[C@H](CCCCNC(=O)OCc2ccccc2)NC(=O)OCc2ccccc2)cc1C(=O)O. The number of unbranched alkanes of at least 4 members (excludes halogenated alkanes) is 1. The summed E-state index contributed by atoms with van der Waals surface area (Å²) in [5.41, 5.74) is 1.75. The summed E-state index contributed by atoms with van der Waals surface area (Å²) < 4.78 is 15.5. The van der Waals surface area contributed by atoms with Gasteiger partial charge in [-0.05, 0) is 48.6 Å². The normalized spacial score (nSPS) is 11.0. The Balaban J connectivity index is 1.54. The van der Waals surface area contributed by atoms with Gasteiger partial charge in [-0.25, -0.2) is 14.4 Å². The van der Waals surface area contributed by atoms with E-state index in [-0.39, 0.29) is 36.6 Å². The Morgan fingerprint density at radius 3 is 2.00 bits per heavy atom. The van der Waals surface area contributed by atoms with Crippen molar-refractivity contribution in [3.05, 3.63) is 95.6 Å². The molecule has 0 spiro atoms. The average Bonchev–Trinajstić information content (AvgIpc) is 2.99. The lowest BCUT2D eigenvalue weighted by molar-refractivity contribution is -0.118. The number of hydrogen-bond acceptors (Lipinski definition) is 7. The molecule has 0 aliphatic heterocycles. The highest BCUT2D eigenvalue weighted by Gasteiger charge is 2.22. The molecule has 0 aliphatic rings. The van der Waals surface area contributed by atoms with Crippen LogP contribution in [-0.4, -0.2) is 48.9 Å². The van der Waals surface area contributed by atoms with E-state index in [1.165, 1.54) is 25.3 Å². The molecule has 41 heavy (non-hydrogen) atoms. The van der Waals surface area contributed by atoms with Crippen LogP contribution in [0.15, 0.2) is 78.9 Å². The van der Waals surface area contributed by atoms with Gasteiger partial charge in [0.15, 0.2) is 0 Å². The molecule has 3 amide bonds. The van der Waals surface area contributed by atoms with E-state index in [0.29, 0.717) is 19.4 Å². The van der Waals surface area contributed by atoms with E-state index in [4.69, 9.17) is 14.2 Å². The Labute approximate surface area is 237 Å². The Morgan fingerprint density at radius 2 is 1.41 bits per heavy atom. The number of rotatable bonds is 14. The van der Waals surface area contributed by atoms with E-state index < -0.39 is 30.1 Å². The van der Waals surface area contributed by atoms with E-state index in [9.17, 15) is 24.3 Å². The largest absolute Gasteiger partial charge is 0.496 e. The van der Waals surface area contributed by atoms with Crippen LogP contribution < -0.4 is 20.7 Å². The molecule has 0 fully saturated rings. The van der Waals surface area contributed by atoms with Crippen molar-refractivity contribution < 1.29 is 38.5 Å². The van der Waals surface area contributed by atoms with E-state index in [2.05, 4.69) is 16.0 Å². The summed E-state index contributed by atoms with van der Waals surface area (Å²) in [5, 5.41) is 17.3. The molecule has 3 aromatic rings. The molecule has 0 saturated heterocycles. The highest BCUT2D eigenvalue weighted by atomic mass is 16.6. The first-order chi connectivity index (χ1) is 19.9. The summed E-state index contributed by atoms with van der Waals surface area (Å²) in [7, 11) is 1.35. The third kappa shape index (κ3) is 10.6. The number of hydrogen-bond donors (Lipinski definition) is 4. The van der Waals surface area contributed by atoms with Crippen LogP contribution >= 0.6 is 0 Å². The maximum absolute atomic E-state index is 13.1. The predicted octanol–water partition coefficient (Wildman–Crippen LogP) is 4.72. The highest BCUT2D eigenvalue weighted by molar-refractivity contribution is 5.98. The number of carbonyl (C=O) groups excluding carboxylic acids is 3. The third-order valence-corrected chi connectivity index (χ3v) is 5.92. The van der Waals surface area contributed by atoms with Crippen molar-refractivity contribution in [2.75, 3.05) is 19.0 Å². The monoisotopic (exact) mass is 563 g/mol. The van der Waals surface area contributed by atoms with Gasteiger partial charge >= 0.3 is 18.2 Å². The number of carboxylic acids is 1. The standard InChI is InChI=1S/C30H33N3O8/c1-39-26-16-15-23(18-24(26)28(35)36)32-27(34)25(33-30(38)41-20-22-12-6-3-7-13-22)14-8-9-17-31-29(37)40-19-21-10-4-2-5-11-21/h2-7,10-13,15-16,18,25H,8-9,14,17,19-20H2,1H3,(H,31,37)(H,32,34)(H,33,38)(H,35,36)/t25-/m0/s1. The smallest absolute Gasteiger partial charge is 0.408 e. The molecule has 3 aromatic carbocycles. The van der Waals surface area contributed by atoms with Gasteiger partial charge in [-0.2, -0.15) is 0 Å². The molecule has 216 valence electrons. The number of benzene rings is 3. The Hall–Kier alpha value is -5.06. The topological polar surface area (TPSA) is 152 Å². The van der Waals surface area contributed by atoms with Crippen molar-refractivity contribution in [1.82, 2.24) is 10.6 Å². The summed E-state index contributed by atoms with van der Waals surface area (Å²) >= 11 is 0. The molecule has 3 rings (SSSR count). The number of anilines is 1. The van der Waals surface area contributed by atoms with Crippen molar-refractivity contribution in [2.24, 2.45) is 0 Å². The number of nitrogens with one attached hydrogen (secondary N) is 3. The van der Waals surface area contributed by atoms with Gasteiger partial charge in [0.05, 0.1) is 7.11 Å². The zero-order valence-corrected chi connectivity index (χ0v) is 22.6.